The molecule has 0 N–H and O–H groups in total. The highest BCUT2D eigenvalue weighted by atomic mass is 32.1. The Kier molecular flexibility index (Phi) is 4.62. The summed E-state index contributed by atoms with van der Waals surface area (Å²) in [6.45, 7) is 2.80. The number of aryl methyl sites for hydroxylation is 1. The molecule has 4 aromatic rings. The molecule has 0 fully saturated rings. The topological polar surface area (TPSA) is 33.2 Å². The molecule has 1 atom stereocenters. The third kappa shape index (κ3) is 3.11. The molecule has 0 bridgehead atoms. The van der Waals surface area contributed by atoms with Crippen LogP contribution in [0.2, 0.25) is 0 Å². The number of nitrogens with zero attached hydrogens (tertiary/aromatic N) is 2. The van der Waals surface area contributed by atoms with Crippen LogP contribution in [0.25, 0.3) is 10.6 Å². The SMILES string of the molecule is Cc1ccc(-c2nc(C(=O)N3CCc4sccc4C3c3cccs3)cs2)cc1. The van der Waals surface area contributed by atoms with E-state index >= 15 is 0 Å². The minimum absolute atomic E-state index is 0.00738. The van der Waals surface area contributed by atoms with Gasteiger partial charge in [-0.05, 0) is 41.8 Å². The number of benzene rings is 1. The number of thiazole rings is 1. The molecule has 6 heteroatoms. The first-order valence-corrected chi connectivity index (χ1v) is 11.8. The molecule has 1 aliphatic rings. The monoisotopic (exact) mass is 422 g/mol. The number of carbonyl (C=O) groups excluding carboxylic acids is 1. The zero-order valence-corrected chi connectivity index (χ0v) is 17.7. The molecule has 0 saturated carbocycles. The van der Waals surface area contributed by atoms with Gasteiger partial charge in [-0.15, -0.1) is 34.0 Å². The van der Waals surface area contributed by atoms with Crippen LogP contribution in [-0.2, 0) is 6.42 Å². The zero-order valence-electron chi connectivity index (χ0n) is 15.3. The van der Waals surface area contributed by atoms with Crippen LogP contribution in [0.5, 0.6) is 0 Å². The van der Waals surface area contributed by atoms with Gasteiger partial charge in [-0.2, -0.15) is 0 Å². The summed E-state index contributed by atoms with van der Waals surface area (Å²) in [6, 6.07) is 14.6. The highest BCUT2D eigenvalue weighted by molar-refractivity contribution is 7.13. The van der Waals surface area contributed by atoms with Crippen molar-refractivity contribution < 1.29 is 4.79 Å². The molecule has 3 aromatic heterocycles. The molecule has 0 aliphatic carbocycles. The first kappa shape index (κ1) is 17.8. The Bertz CT molecular complexity index is 1110. The largest absolute Gasteiger partial charge is 0.325 e. The Morgan fingerprint density at radius 3 is 2.71 bits per heavy atom. The van der Waals surface area contributed by atoms with Crippen molar-refractivity contribution in [3.63, 3.8) is 0 Å². The van der Waals surface area contributed by atoms with Crippen LogP contribution in [0.1, 0.15) is 37.4 Å². The van der Waals surface area contributed by atoms with E-state index in [9.17, 15) is 4.79 Å². The van der Waals surface area contributed by atoms with E-state index in [0.29, 0.717) is 5.69 Å². The number of amides is 1. The van der Waals surface area contributed by atoms with Crippen molar-refractivity contribution in [1.29, 1.82) is 0 Å². The predicted octanol–water partition coefficient (Wildman–Crippen LogP) is 6.03. The Hall–Kier alpha value is -2.28. The van der Waals surface area contributed by atoms with Crippen LogP contribution in [0.3, 0.4) is 0 Å². The maximum absolute atomic E-state index is 13.4. The van der Waals surface area contributed by atoms with Crippen molar-refractivity contribution in [3.8, 4) is 10.6 Å². The number of hydrogen-bond acceptors (Lipinski definition) is 5. The van der Waals surface area contributed by atoms with E-state index in [-0.39, 0.29) is 11.9 Å². The summed E-state index contributed by atoms with van der Waals surface area (Å²) in [7, 11) is 0. The van der Waals surface area contributed by atoms with Gasteiger partial charge in [0.2, 0.25) is 0 Å². The molecule has 5 rings (SSSR count). The lowest BCUT2D eigenvalue weighted by molar-refractivity contribution is 0.0693. The third-order valence-corrected chi connectivity index (χ3v) is 7.87. The van der Waals surface area contributed by atoms with Crippen LogP contribution in [0.15, 0.2) is 58.6 Å². The van der Waals surface area contributed by atoms with Gasteiger partial charge >= 0.3 is 0 Å². The summed E-state index contributed by atoms with van der Waals surface area (Å²) >= 11 is 5.03. The number of carbonyl (C=O) groups is 1. The number of aromatic nitrogens is 1. The normalized spacial score (nSPS) is 16.2. The van der Waals surface area contributed by atoms with Gasteiger partial charge in [0.15, 0.2) is 0 Å². The standard InChI is InChI=1S/C22H18N2OS3/c1-14-4-6-15(7-5-14)21-23-17(13-28-21)22(25)24-10-8-18-16(9-12-27-18)20(24)19-3-2-11-26-19/h2-7,9,11-13,20H,8,10H2,1H3. The molecule has 140 valence electrons. The summed E-state index contributed by atoms with van der Waals surface area (Å²) in [4.78, 5) is 22.7. The fourth-order valence-electron chi connectivity index (χ4n) is 3.64. The molecule has 0 spiro atoms. The highest BCUT2D eigenvalue weighted by Gasteiger charge is 2.34. The maximum Gasteiger partial charge on any atom is 0.274 e. The minimum Gasteiger partial charge on any atom is -0.325 e. The number of thiophene rings is 2. The van der Waals surface area contributed by atoms with Crippen LogP contribution < -0.4 is 0 Å². The quantitative estimate of drug-likeness (QED) is 0.404. The highest BCUT2D eigenvalue weighted by Crippen LogP contribution is 2.40. The number of hydrogen-bond donors (Lipinski definition) is 0. The minimum atomic E-state index is -0.00738. The molecule has 3 nitrogen and oxygen atoms in total. The van der Waals surface area contributed by atoms with Crippen molar-refractivity contribution in [1.82, 2.24) is 9.88 Å². The first-order valence-electron chi connectivity index (χ1n) is 9.14. The lowest BCUT2D eigenvalue weighted by Gasteiger charge is -2.35. The Morgan fingerprint density at radius 2 is 1.93 bits per heavy atom. The van der Waals surface area contributed by atoms with Crippen molar-refractivity contribution in [2.45, 2.75) is 19.4 Å². The van der Waals surface area contributed by atoms with E-state index in [4.69, 9.17) is 0 Å². The van der Waals surface area contributed by atoms with Crippen LogP contribution in [-0.4, -0.2) is 22.3 Å². The smallest absolute Gasteiger partial charge is 0.274 e. The van der Waals surface area contributed by atoms with Gasteiger partial charge < -0.3 is 4.90 Å². The van der Waals surface area contributed by atoms with Crippen molar-refractivity contribution in [2.75, 3.05) is 6.54 Å². The molecule has 1 aromatic carbocycles. The van der Waals surface area contributed by atoms with E-state index in [1.165, 1.54) is 32.2 Å². The molecule has 28 heavy (non-hydrogen) atoms. The summed E-state index contributed by atoms with van der Waals surface area (Å²) in [5.41, 5.74) is 4.08. The Labute approximate surface area is 175 Å². The van der Waals surface area contributed by atoms with Crippen LogP contribution in [0, 0.1) is 6.92 Å². The molecular formula is C22H18N2OS3. The summed E-state index contributed by atoms with van der Waals surface area (Å²) < 4.78 is 0. The van der Waals surface area contributed by atoms with Gasteiger partial charge in [0.1, 0.15) is 10.7 Å². The van der Waals surface area contributed by atoms with Crippen LogP contribution >= 0.6 is 34.0 Å². The number of fused-ring (bicyclic) bond motifs is 1. The zero-order chi connectivity index (χ0) is 19.1. The lowest BCUT2D eigenvalue weighted by Crippen LogP contribution is -2.39. The van der Waals surface area contributed by atoms with Gasteiger partial charge in [0.25, 0.3) is 5.91 Å². The van der Waals surface area contributed by atoms with Crippen molar-refractivity contribution >= 4 is 39.9 Å². The second-order valence-electron chi connectivity index (χ2n) is 6.87. The molecule has 1 aliphatic heterocycles. The second-order valence-corrected chi connectivity index (χ2v) is 9.71. The predicted molar refractivity (Wildman–Crippen MR) is 118 cm³/mol. The molecule has 4 heterocycles. The third-order valence-electron chi connectivity index (χ3n) is 5.06. The van der Waals surface area contributed by atoms with Gasteiger partial charge in [-0.3, -0.25) is 4.79 Å². The van der Waals surface area contributed by atoms with Gasteiger partial charge in [-0.1, -0.05) is 35.9 Å². The average Bonchev–Trinajstić information content (AvgIpc) is 3.48. The van der Waals surface area contributed by atoms with E-state index in [0.717, 1.165) is 23.5 Å². The summed E-state index contributed by atoms with van der Waals surface area (Å²) in [5.74, 6) is 0.0184. The molecule has 1 unspecified atom stereocenters. The van der Waals surface area contributed by atoms with Crippen LogP contribution in [0.4, 0.5) is 0 Å². The summed E-state index contributed by atoms with van der Waals surface area (Å²) in [5, 5.41) is 7.00. The fraction of sp³-hybridized carbons (Fsp3) is 0.182. The molecular weight excluding hydrogens is 404 g/mol. The molecule has 1 amide bonds. The Balaban J connectivity index is 1.48. The Morgan fingerprint density at radius 1 is 1.07 bits per heavy atom. The maximum atomic E-state index is 13.4. The molecule has 0 radical (unpaired) electrons. The second kappa shape index (κ2) is 7.28. The lowest BCUT2D eigenvalue weighted by atomic mass is 9.98. The van der Waals surface area contributed by atoms with Crippen molar-refractivity contribution in [3.05, 3.63) is 85.2 Å². The summed E-state index contributed by atoms with van der Waals surface area (Å²) in [6.07, 6.45) is 0.912. The van der Waals surface area contributed by atoms with E-state index in [1.807, 2.05) is 10.3 Å². The van der Waals surface area contributed by atoms with Crippen molar-refractivity contribution in [2.24, 2.45) is 0 Å². The van der Waals surface area contributed by atoms with E-state index in [2.05, 4.69) is 65.1 Å². The van der Waals surface area contributed by atoms with Gasteiger partial charge in [0.05, 0.1) is 6.04 Å². The van der Waals surface area contributed by atoms with E-state index in [1.54, 1.807) is 22.7 Å². The number of rotatable bonds is 3. The first-order chi connectivity index (χ1) is 13.7. The van der Waals surface area contributed by atoms with E-state index < -0.39 is 0 Å². The van der Waals surface area contributed by atoms with Gasteiger partial charge in [-0.25, -0.2) is 4.98 Å². The van der Waals surface area contributed by atoms with Gasteiger partial charge in [0, 0.05) is 27.2 Å². The average molecular weight is 423 g/mol. The molecule has 0 saturated heterocycles. The fourth-order valence-corrected chi connectivity index (χ4v) is 6.19.